The van der Waals surface area contributed by atoms with E-state index in [0.717, 1.165) is 11.6 Å². The number of aliphatic hydroxyl groups is 3. The summed E-state index contributed by atoms with van der Waals surface area (Å²) in [5, 5.41) is 40.5. The van der Waals surface area contributed by atoms with Crippen LogP contribution in [-0.4, -0.2) is 89.5 Å². The minimum atomic E-state index is -1.62. The van der Waals surface area contributed by atoms with E-state index >= 15 is 0 Å². The van der Waals surface area contributed by atoms with Crippen LogP contribution in [0.2, 0.25) is 0 Å². The zero-order valence-electron chi connectivity index (χ0n) is 20.8. The van der Waals surface area contributed by atoms with Crippen molar-refractivity contribution in [2.24, 2.45) is 0 Å². The van der Waals surface area contributed by atoms with Crippen LogP contribution in [0.3, 0.4) is 0 Å². The number of rotatable bonds is 9. The summed E-state index contributed by atoms with van der Waals surface area (Å²) in [5.74, 6) is -1.04. The van der Waals surface area contributed by atoms with E-state index in [-0.39, 0.29) is 24.2 Å². The molecule has 11 heteroatoms. The fourth-order valence-electron chi connectivity index (χ4n) is 3.81. The van der Waals surface area contributed by atoms with E-state index in [1.54, 1.807) is 6.07 Å². The van der Waals surface area contributed by atoms with Crippen molar-refractivity contribution >= 4 is 18.0 Å². The lowest BCUT2D eigenvalue weighted by molar-refractivity contribution is -0.299. The van der Waals surface area contributed by atoms with E-state index in [9.17, 15) is 30.0 Å². The molecule has 2 aliphatic rings. The molecule has 1 aromatic rings. The Morgan fingerprint density at radius 3 is 2.59 bits per heavy atom. The SMILES string of the molecule is COc1ccc(/C=C/C(=O)OC[C@@H]2O[C@H](OC/C=C3\C[C@H](C=C(C)C)OC3=O)[C@@H](O)[C@H](O)[C@H]2O)cc1O. The molecule has 0 saturated carbocycles. The number of cyclic esters (lactones) is 1. The first-order valence-corrected chi connectivity index (χ1v) is 11.7. The molecular weight excluding hydrogens is 488 g/mol. The van der Waals surface area contributed by atoms with Crippen molar-refractivity contribution in [1.82, 2.24) is 0 Å². The fourth-order valence-corrected chi connectivity index (χ4v) is 3.81. The molecule has 2 aliphatic heterocycles. The number of aliphatic hydroxyl groups excluding tert-OH is 3. The van der Waals surface area contributed by atoms with Gasteiger partial charge in [0.1, 0.15) is 37.1 Å². The van der Waals surface area contributed by atoms with Gasteiger partial charge in [0.25, 0.3) is 0 Å². The summed E-state index contributed by atoms with van der Waals surface area (Å²) in [4.78, 5) is 24.1. The van der Waals surface area contributed by atoms with Crippen LogP contribution in [-0.2, 0) is 28.5 Å². The van der Waals surface area contributed by atoms with Gasteiger partial charge in [-0.2, -0.15) is 0 Å². The van der Waals surface area contributed by atoms with Crippen molar-refractivity contribution in [3.8, 4) is 11.5 Å². The summed E-state index contributed by atoms with van der Waals surface area (Å²) in [6, 6.07) is 4.56. The van der Waals surface area contributed by atoms with Gasteiger partial charge in [0.2, 0.25) is 0 Å². The molecule has 37 heavy (non-hydrogen) atoms. The maximum absolute atomic E-state index is 12.1. The van der Waals surface area contributed by atoms with Gasteiger partial charge >= 0.3 is 11.9 Å². The molecule has 0 radical (unpaired) electrons. The van der Waals surface area contributed by atoms with E-state index in [0.29, 0.717) is 17.6 Å². The Morgan fingerprint density at radius 2 is 1.92 bits per heavy atom. The second kappa shape index (κ2) is 12.8. The van der Waals surface area contributed by atoms with Gasteiger partial charge in [-0.1, -0.05) is 11.6 Å². The molecule has 2 saturated heterocycles. The zero-order valence-corrected chi connectivity index (χ0v) is 20.8. The highest BCUT2D eigenvalue weighted by Crippen LogP contribution is 2.27. The molecule has 0 unspecified atom stereocenters. The molecule has 0 amide bonds. The molecule has 202 valence electrons. The van der Waals surface area contributed by atoms with Gasteiger partial charge in [0.15, 0.2) is 17.8 Å². The quantitative estimate of drug-likeness (QED) is 0.209. The van der Waals surface area contributed by atoms with Crippen LogP contribution >= 0.6 is 0 Å². The first-order valence-electron chi connectivity index (χ1n) is 11.7. The molecule has 11 nitrogen and oxygen atoms in total. The van der Waals surface area contributed by atoms with E-state index in [4.69, 9.17) is 23.7 Å². The molecule has 0 bridgehead atoms. The van der Waals surface area contributed by atoms with Gasteiger partial charge < -0.3 is 44.1 Å². The van der Waals surface area contributed by atoms with Crippen molar-refractivity contribution in [1.29, 1.82) is 0 Å². The maximum Gasteiger partial charge on any atom is 0.334 e. The summed E-state index contributed by atoms with van der Waals surface area (Å²) < 4.78 is 26.3. The van der Waals surface area contributed by atoms with Crippen LogP contribution in [0.15, 0.2) is 47.6 Å². The standard InChI is InChI=1S/C26H32O11/c1-14(2)10-17-12-16(25(32)36-17)8-9-34-26-24(31)23(30)22(29)20(37-26)13-35-21(28)7-5-15-4-6-19(33-3)18(27)11-15/h4-8,10-11,17,20,22-24,26-27,29-31H,9,12-13H2,1-3H3/b7-5+,16-8+/t17-,20-,22-,23+,24-,26-/m0/s1. The number of allylic oxidation sites excluding steroid dienone is 1. The number of hydrogen-bond acceptors (Lipinski definition) is 11. The second-order valence-electron chi connectivity index (χ2n) is 8.86. The zero-order chi connectivity index (χ0) is 27.1. The van der Waals surface area contributed by atoms with E-state index in [2.05, 4.69) is 0 Å². The van der Waals surface area contributed by atoms with E-state index < -0.39 is 49.3 Å². The summed E-state index contributed by atoms with van der Waals surface area (Å²) in [7, 11) is 1.42. The van der Waals surface area contributed by atoms with Gasteiger partial charge in [0.05, 0.1) is 13.7 Å². The number of phenols is 1. The molecule has 4 N–H and O–H groups in total. The number of carbonyl (C=O) groups is 2. The summed E-state index contributed by atoms with van der Waals surface area (Å²) >= 11 is 0. The number of hydrogen-bond donors (Lipinski definition) is 4. The molecule has 0 spiro atoms. The third kappa shape index (κ3) is 7.63. The van der Waals surface area contributed by atoms with Crippen molar-refractivity contribution in [3.63, 3.8) is 0 Å². The molecular formula is C26H32O11. The number of esters is 2. The smallest absolute Gasteiger partial charge is 0.334 e. The highest BCUT2D eigenvalue weighted by molar-refractivity contribution is 5.91. The van der Waals surface area contributed by atoms with Gasteiger partial charge in [0, 0.05) is 18.1 Å². The van der Waals surface area contributed by atoms with E-state index in [1.165, 1.54) is 31.4 Å². The Kier molecular flexibility index (Phi) is 9.84. The Labute approximate surface area is 214 Å². The predicted octanol–water partition coefficient (Wildman–Crippen LogP) is 0.989. The van der Waals surface area contributed by atoms with Gasteiger partial charge in [-0.25, -0.2) is 9.59 Å². The second-order valence-corrected chi connectivity index (χ2v) is 8.86. The Hall–Kier alpha value is -3.22. The predicted molar refractivity (Wildman–Crippen MR) is 129 cm³/mol. The topological polar surface area (TPSA) is 161 Å². The lowest BCUT2D eigenvalue weighted by Crippen LogP contribution is -2.59. The molecule has 3 rings (SSSR count). The van der Waals surface area contributed by atoms with Crippen LogP contribution in [0, 0.1) is 0 Å². The molecule has 0 aromatic heterocycles. The maximum atomic E-state index is 12.1. The van der Waals surface area contributed by atoms with Crippen molar-refractivity contribution in [2.75, 3.05) is 20.3 Å². The normalized spacial score (nSPS) is 28.8. The number of phenolic OH excluding ortho intramolecular Hbond substituents is 1. The Morgan fingerprint density at radius 1 is 1.16 bits per heavy atom. The van der Waals surface area contributed by atoms with Gasteiger partial charge in [-0.05, 0) is 49.8 Å². The van der Waals surface area contributed by atoms with Crippen LogP contribution in [0.1, 0.15) is 25.8 Å². The third-order valence-corrected chi connectivity index (χ3v) is 5.72. The Balaban J connectivity index is 1.53. The highest BCUT2D eigenvalue weighted by atomic mass is 16.7. The molecule has 2 heterocycles. The third-order valence-electron chi connectivity index (χ3n) is 5.72. The van der Waals surface area contributed by atoms with Crippen LogP contribution in [0.25, 0.3) is 6.08 Å². The minimum Gasteiger partial charge on any atom is -0.504 e. The summed E-state index contributed by atoms with van der Waals surface area (Å²) in [5.41, 5.74) is 1.95. The number of aromatic hydroxyl groups is 1. The Bertz CT molecular complexity index is 1060. The van der Waals surface area contributed by atoms with Crippen LogP contribution in [0.4, 0.5) is 0 Å². The first-order chi connectivity index (χ1) is 17.6. The largest absolute Gasteiger partial charge is 0.504 e. The number of benzene rings is 1. The van der Waals surface area contributed by atoms with Crippen molar-refractivity contribution < 1.29 is 53.7 Å². The van der Waals surface area contributed by atoms with Crippen molar-refractivity contribution in [2.45, 2.75) is 57.1 Å². The first kappa shape index (κ1) is 28.4. The van der Waals surface area contributed by atoms with Crippen molar-refractivity contribution in [3.05, 3.63) is 53.1 Å². The average Bonchev–Trinajstić information content (AvgIpc) is 3.19. The van der Waals surface area contributed by atoms with Gasteiger partial charge in [-0.15, -0.1) is 0 Å². The minimum absolute atomic E-state index is 0.0940. The summed E-state index contributed by atoms with van der Waals surface area (Å²) in [6.07, 6.45) is -1.36. The molecule has 0 aliphatic carbocycles. The van der Waals surface area contributed by atoms with Crippen LogP contribution in [0.5, 0.6) is 11.5 Å². The number of ether oxygens (including phenoxy) is 5. The average molecular weight is 521 g/mol. The van der Waals surface area contributed by atoms with Gasteiger partial charge in [-0.3, -0.25) is 0 Å². The monoisotopic (exact) mass is 520 g/mol. The number of methoxy groups -OCH3 is 1. The van der Waals surface area contributed by atoms with Crippen LogP contribution < -0.4 is 4.74 Å². The molecule has 1 aromatic carbocycles. The highest BCUT2D eigenvalue weighted by Gasteiger charge is 2.44. The summed E-state index contributed by atoms with van der Waals surface area (Å²) in [6.45, 7) is 3.24. The lowest BCUT2D eigenvalue weighted by Gasteiger charge is -2.39. The number of carbonyl (C=O) groups excluding carboxylic acids is 2. The molecule has 2 fully saturated rings. The van der Waals surface area contributed by atoms with E-state index in [1.807, 2.05) is 19.9 Å². The lowest BCUT2D eigenvalue weighted by atomic mass is 9.99. The fraction of sp³-hybridized carbons (Fsp3) is 0.462. The molecule has 6 atom stereocenters.